The number of carbonyl (C=O) groups is 2. The van der Waals surface area contributed by atoms with Crippen molar-refractivity contribution in [1.29, 1.82) is 0 Å². The lowest BCUT2D eigenvalue weighted by atomic mass is 9.67. The minimum atomic E-state index is -0.751. The molecule has 3 heteroatoms. The van der Waals surface area contributed by atoms with E-state index in [1.165, 1.54) is 6.42 Å². The number of fused-ring (bicyclic) bond motifs is 1. The van der Waals surface area contributed by atoms with E-state index in [4.69, 9.17) is 0 Å². The molecule has 4 atom stereocenters. The molecule has 0 spiro atoms. The lowest BCUT2D eigenvalue weighted by molar-refractivity contribution is -0.144. The summed E-state index contributed by atoms with van der Waals surface area (Å²) in [4.78, 5) is 23.6. The first-order chi connectivity index (χ1) is 8.46. The number of aliphatic carboxylic acids is 1. The van der Waals surface area contributed by atoms with Gasteiger partial charge in [0.15, 0.2) is 0 Å². The average molecular weight is 252 g/mol. The fourth-order valence-electron chi connectivity index (χ4n) is 4.13. The van der Waals surface area contributed by atoms with Gasteiger partial charge in [0, 0.05) is 12.3 Å². The molecule has 2 aliphatic carbocycles. The van der Waals surface area contributed by atoms with E-state index >= 15 is 0 Å². The van der Waals surface area contributed by atoms with Gasteiger partial charge in [0.2, 0.25) is 0 Å². The Labute approximate surface area is 109 Å². The van der Waals surface area contributed by atoms with Crippen LogP contribution in [-0.4, -0.2) is 16.9 Å². The Morgan fingerprint density at radius 1 is 1.33 bits per heavy atom. The SMILES string of the molecule is C[C@H](C(=O)O)[C@H]1CC[C@]2(C)CCCCCC(=O)[C@H]12. The summed E-state index contributed by atoms with van der Waals surface area (Å²) < 4.78 is 0. The number of hydrogen-bond donors (Lipinski definition) is 1. The molecule has 18 heavy (non-hydrogen) atoms. The number of Topliss-reactive ketones (excluding diaryl/α,β-unsaturated/α-hetero) is 1. The Morgan fingerprint density at radius 3 is 2.72 bits per heavy atom. The van der Waals surface area contributed by atoms with Crippen molar-refractivity contribution in [2.24, 2.45) is 23.2 Å². The molecule has 0 saturated heterocycles. The van der Waals surface area contributed by atoms with Crippen molar-refractivity contribution >= 4 is 11.8 Å². The Bertz CT molecular complexity index is 350. The standard InChI is InChI=1S/C15H24O3/c1-10(14(17)18)11-7-9-15(2)8-5-3-4-6-12(16)13(11)15/h10-11,13H,3-9H2,1-2H3,(H,17,18)/t10-,11+,13-,15-/m0/s1. The second kappa shape index (κ2) is 5.02. The van der Waals surface area contributed by atoms with Gasteiger partial charge in [0.05, 0.1) is 5.92 Å². The van der Waals surface area contributed by atoms with Crippen molar-refractivity contribution < 1.29 is 14.7 Å². The molecule has 3 nitrogen and oxygen atoms in total. The van der Waals surface area contributed by atoms with E-state index in [1.54, 1.807) is 6.92 Å². The van der Waals surface area contributed by atoms with Crippen LogP contribution in [0.4, 0.5) is 0 Å². The lowest BCUT2D eigenvalue weighted by Crippen LogP contribution is -2.37. The molecule has 0 aromatic rings. The Kier molecular flexibility index (Phi) is 3.79. The van der Waals surface area contributed by atoms with Gasteiger partial charge in [-0.3, -0.25) is 9.59 Å². The highest BCUT2D eigenvalue weighted by atomic mass is 16.4. The maximum Gasteiger partial charge on any atom is 0.306 e. The van der Waals surface area contributed by atoms with E-state index in [1.807, 2.05) is 0 Å². The topological polar surface area (TPSA) is 54.4 Å². The molecule has 2 aliphatic rings. The van der Waals surface area contributed by atoms with Gasteiger partial charge in [0.25, 0.3) is 0 Å². The molecule has 2 rings (SSSR count). The molecule has 0 radical (unpaired) electrons. The van der Waals surface area contributed by atoms with Gasteiger partial charge in [0.1, 0.15) is 5.78 Å². The molecule has 0 amide bonds. The van der Waals surface area contributed by atoms with Crippen molar-refractivity contribution in [2.45, 2.75) is 58.8 Å². The first kappa shape index (κ1) is 13.6. The van der Waals surface area contributed by atoms with Gasteiger partial charge >= 0.3 is 5.97 Å². The minimum Gasteiger partial charge on any atom is -0.481 e. The monoisotopic (exact) mass is 252 g/mol. The van der Waals surface area contributed by atoms with Crippen LogP contribution in [0.2, 0.25) is 0 Å². The van der Waals surface area contributed by atoms with E-state index in [0.717, 1.165) is 32.1 Å². The fourth-order valence-corrected chi connectivity index (χ4v) is 4.13. The zero-order chi connectivity index (χ0) is 13.3. The number of carboxylic acids is 1. The molecule has 0 aromatic heterocycles. The van der Waals surface area contributed by atoms with Crippen LogP contribution >= 0.6 is 0 Å². The summed E-state index contributed by atoms with van der Waals surface area (Å²) >= 11 is 0. The van der Waals surface area contributed by atoms with Crippen molar-refractivity contribution in [3.05, 3.63) is 0 Å². The van der Waals surface area contributed by atoms with Gasteiger partial charge in [-0.25, -0.2) is 0 Å². The zero-order valence-corrected chi connectivity index (χ0v) is 11.4. The molecule has 0 bridgehead atoms. The second-order valence-corrected chi connectivity index (χ2v) is 6.49. The van der Waals surface area contributed by atoms with Gasteiger partial charge in [-0.05, 0) is 37.0 Å². The average Bonchev–Trinajstić information content (AvgIpc) is 2.63. The Morgan fingerprint density at radius 2 is 2.06 bits per heavy atom. The molecule has 0 heterocycles. The summed E-state index contributed by atoms with van der Waals surface area (Å²) in [5, 5.41) is 9.22. The van der Waals surface area contributed by atoms with E-state index < -0.39 is 5.97 Å². The van der Waals surface area contributed by atoms with Crippen LogP contribution in [0, 0.1) is 23.2 Å². The fraction of sp³-hybridized carbons (Fsp3) is 0.867. The van der Waals surface area contributed by atoms with Crippen molar-refractivity contribution in [2.75, 3.05) is 0 Å². The smallest absolute Gasteiger partial charge is 0.306 e. The number of rotatable bonds is 2. The summed E-state index contributed by atoms with van der Waals surface area (Å²) in [6, 6.07) is 0. The van der Waals surface area contributed by atoms with E-state index in [0.29, 0.717) is 12.2 Å². The molecule has 2 fully saturated rings. The third-order valence-corrected chi connectivity index (χ3v) is 5.28. The first-order valence-corrected chi connectivity index (χ1v) is 7.21. The Balaban J connectivity index is 2.25. The normalized spacial score (nSPS) is 38.7. The summed E-state index contributed by atoms with van der Waals surface area (Å²) in [5.41, 5.74) is 0.0614. The van der Waals surface area contributed by atoms with Gasteiger partial charge < -0.3 is 5.11 Å². The molecule has 0 aliphatic heterocycles. The summed E-state index contributed by atoms with van der Waals surface area (Å²) in [7, 11) is 0. The highest BCUT2D eigenvalue weighted by molar-refractivity contribution is 5.83. The number of ketones is 1. The predicted octanol–water partition coefficient (Wildman–Crippen LogP) is 3.27. The summed E-state index contributed by atoms with van der Waals surface area (Å²) in [5.74, 6) is -0.769. The van der Waals surface area contributed by atoms with Crippen LogP contribution in [0.3, 0.4) is 0 Å². The molecular weight excluding hydrogens is 228 g/mol. The molecule has 1 N–H and O–H groups in total. The molecule has 0 aromatic carbocycles. The number of carbonyl (C=O) groups excluding carboxylic acids is 1. The van der Waals surface area contributed by atoms with Crippen LogP contribution in [0.5, 0.6) is 0 Å². The predicted molar refractivity (Wildman–Crippen MR) is 69.2 cm³/mol. The maximum absolute atomic E-state index is 12.4. The van der Waals surface area contributed by atoms with Crippen LogP contribution in [0.25, 0.3) is 0 Å². The highest BCUT2D eigenvalue weighted by Crippen LogP contribution is 2.53. The minimum absolute atomic E-state index is 0.0103. The van der Waals surface area contributed by atoms with Crippen LogP contribution in [0.1, 0.15) is 58.8 Å². The zero-order valence-electron chi connectivity index (χ0n) is 11.4. The Hall–Kier alpha value is -0.860. The summed E-state index contributed by atoms with van der Waals surface area (Å²) in [6.45, 7) is 3.97. The van der Waals surface area contributed by atoms with Crippen LogP contribution in [-0.2, 0) is 9.59 Å². The molecular formula is C15H24O3. The van der Waals surface area contributed by atoms with E-state index in [2.05, 4.69) is 6.92 Å². The van der Waals surface area contributed by atoms with Gasteiger partial charge in [-0.1, -0.05) is 26.7 Å². The maximum atomic E-state index is 12.4. The second-order valence-electron chi connectivity index (χ2n) is 6.49. The van der Waals surface area contributed by atoms with Crippen LogP contribution in [0.15, 0.2) is 0 Å². The molecule has 102 valence electrons. The number of hydrogen-bond acceptors (Lipinski definition) is 2. The van der Waals surface area contributed by atoms with Crippen LogP contribution < -0.4 is 0 Å². The van der Waals surface area contributed by atoms with Crippen molar-refractivity contribution in [1.82, 2.24) is 0 Å². The number of carboxylic acid groups (broad SMARTS) is 1. The first-order valence-electron chi connectivity index (χ1n) is 7.21. The summed E-state index contributed by atoms with van der Waals surface area (Å²) in [6.07, 6.45) is 6.99. The largest absolute Gasteiger partial charge is 0.481 e. The van der Waals surface area contributed by atoms with E-state index in [-0.39, 0.29) is 23.2 Å². The van der Waals surface area contributed by atoms with Gasteiger partial charge in [-0.15, -0.1) is 0 Å². The molecule has 0 unspecified atom stereocenters. The van der Waals surface area contributed by atoms with Crippen molar-refractivity contribution in [3.63, 3.8) is 0 Å². The third-order valence-electron chi connectivity index (χ3n) is 5.28. The third kappa shape index (κ3) is 2.32. The lowest BCUT2D eigenvalue weighted by Gasteiger charge is -2.36. The quantitative estimate of drug-likeness (QED) is 0.820. The van der Waals surface area contributed by atoms with E-state index in [9.17, 15) is 14.7 Å². The molecule has 2 saturated carbocycles. The van der Waals surface area contributed by atoms with Crippen molar-refractivity contribution in [3.8, 4) is 0 Å². The highest BCUT2D eigenvalue weighted by Gasteiger charge is 2.51. The van der Waals surface area contributed by atoms with Gasteiger partial charge in [-0.2, -0.15) is 0 Å².